The number of carbonyl (C=O) groups excluding carboxylic acids is 3. The molecule has 89 heavy (non-hydrogen) atoms. The molecule has 3 aromatic carbocycles. The smallest absolute Gasteiger partial charge is 1.00 e. The first-order valence-electron chi connectivity index (χ1n) is 24.1. The van der Waals surface area contributed by atoms with E-state index in [-0.39, 0.29) is 118 Å². The van der Waals surface area contributed by atoms with Crippen LogP contribution in [0.1, 0.15) is 31.1 Å². The minimum absolute atomic E-state index is 0. The molecule has 47 heteroatoms. The second-order valence-corrected chi connectivity index (χ2v) is 22.7. The van der Waals surface area contributed by atoms with Crippen LogP contribution >= 0.6 is 34.8 Å². The van der Waals surface area contributed by atoms with Gasteiger partial charge in [0.1, 0.15) is 17.1 Å². The zero-order valence-electron chi connectivity index (χ0n) is 47.1. The maximum atomic E-state index is 12.6. The Morgan fingerprint density at radius 2 is 0.652 bits per heavy atom. The van der Waals surface area contributed by atoms with E-state index in [1.165, 1.54) is 9.80 Å². The molecule has 0 saturated heterocycles. The molecular weight excluding hydrogens is 1350 g/mol. The van der Waals surface area contributed by atoms with Crippen molar-refractivity contribution in [2.45, 2.75) is 0 Å². The average molecular weight is 1410 g/mol. The predicted molar refractivity (Wildman–Crippen MR) is 309 cm³/mol. The normalized spacial score (nSPS) is 10.9. The summed E-state index contributed by atoms with van der Waals surface area (Å²) in [7, 11) is -11.6. The molecule has 3 rings (SSSR count). The van der Waals surface area contributed by atoms with Gasteiger partial charge in [-0.2, -0.15) is 25.3 Å². The number of aliphatic hydroxyl groups is 3. The second kappa shape index (κ2) is 40.8. The van der Waals surface area contributed by atoms with Crippen LogP contribution < -0.4 is 61.9 Å². The molecule has 0 heterocycles. The summed E-state index contributed by atoms with van der Waals surface area (Å²) >= 11 is 17.2. The van der Waals surface area contributed by atoms with Crippen LogP contribution in [-0.2, 0) is 42.9 Å². The van der Waals surface area contributed by atoms with E-state index in [0.717, 1.165) is 47.9 Å². The summed E-state index contributed by atoms with van der Waals surface area (Å²) in [5, 5.41) is 102. The van der Waals surface area contributed by atoms with Crippen LogP contribution in [0.5, 0.6) is 0 Å². The first kappa shape index (κ1) is 84.3. The van der Waals surface area contributed by atoms with Crippen molar-refractivity contribution in [3.63, 3.8) is 0 Å². The average Bonchev–Trinajstić information content (AvgIpc) is 1.25. The third kappa shape index (κ3) is 29.6. The van der Waals surface area contributed by atoms with E-state index < -0.39 is 175 Å². The maximum absolute atomic E-state index is 12.6. The van der Waals surface area contributed by atoms with Crippen LogP contribution in [-0.4, -0.2) is 223 Å². The van der Waals surface area contributed by atoms with E-state index in [0.29, 0.717) is 12.1 Å². The Bertz CT molecular complexity index is 3290. The van der Waals surface area contributed by atoms with Gasteiger partial charge in [0.15, 0.2) is 0 Å². The number of non-ortho nitro benzene ring substituents is 3. The largest absolute Gasteiger partial charge is 1.00 e. The molecule has 6 N–H and O–H groups in total. The van der Waals surface area contributed by atoms with Crippen LogP contribution in [0.15, 0.2) is 36.4 Å². The molecule has 0 fully saturated rings. The van der Waals surface area contributed by atoms with E-state index in [2.05, 4.69) is 28.5 Å². The molecule has 0 bridgehead atoms. The summed E-state index contributed by atoms with van der Waals surface area (Å²) in [6, 6.07) is 4.64. The van der Waals surface area contributed by atoms with Crippen molar-refractivity contribution in [2.24, 2.45) is 0 Å². The van der Waals surface area contributed by atoms with Gasteiger partial charge in [0.25, 0.3) is 82.2 Å². The molecule has 0 spiro atoms. The zero-order chi connectivity index (χ0) is 66.6. The molecule has 0 atom stereocenters. The fourth-order valence-electron chi connectivity index (χ4n) is 7.07. The Kier molecular flexibility index (Phi) is 38.6. The zero-order valence-corrected chi connectivity index (χ0v) is 52.6. The van der Waals surface area contributed by atoms with Crippen molar-refractivity contribution < 1.29 is 128 Å². The molecule has 0 aliphatic rings. The van der Waals surface area contributed by atoms with Gasteiger partial charge in [-0.05, 0) is 0 Å². The van der Waals surface area contributed by atoms with Crippen LogP contribution in [0.25, 0.3) is 0 Å². The number of aliphatic hydroxyl groups excluding tert-OH is 3. The molecule has 0 saturated carbocycles. The number of hydrogen-bond acceptors (Lipinski definition) is 30. The fourth-order valence-corrected chi connectivity index (χ4v) is 8.81. The summed E-state index contributed by atoms with van der Waals surface area (Å²) in [6.45, 7) is -4.13. The Hall–Kier alpha value is -6.76. The fraction of sp³-hybridized carbons (Fsp3) is 0.500. The van der Waals surface area contributed by atoms with Crippen LogP contribution in [0.3, 0.4) is 0 Å². The van der Waals surface area contributed by atoms with Crippen molar-refractivity contribution in [1.29, 1.82) is 0 Å². The van der Waals surface area contributed by atoms with Gasteiger partial charge < -0.3 is 58.4 Å². The number of benzene rings is 3. The SMILES string of the molecule is CS(=O)(=O)OCCN(CCCl)c1c(C(=O)NCCO)cc([N+](=O)[O-])cc1[N+](=O)[O-].CS(=O)(=O)OCCN(CCOS(C)(=O)=O)c1c(C(=O)NCCO)cc([N+](=O)[O-])cc1[N+](=O)[O-].O=C(NCCO)c1cc([N+](=O)[O-])cc([N+](=O)[O-])c1N(CCCl)CCCl.[Cl-].[Li+]. The number of halogens is 4. The first-order valence-corrected chi connectivity index (χ1v) is 31.1. The molecule has 0 radical (unpaired) electrons. The van der Waals surface area contributed by atoms with Crippen molar-refractivity contribution in [1.82, 2.24) is 16.0 Å². The van der Waals surface area contributed by atoms with E-state index >= 15 is 0 Å². The van der Waals surface area contributed by atoms with Crippen molar-refractivity contribution >= 4 is 134 Å². The first-order chi connectivity index (χ1) is 40.5. The number of hydrogen-bond donors (Lipinski definition) is 6. The van der Waals surface area contributed by atoms with Crippen LogP contribution in [0.4, 0.5) is 51.2 Å². The number of nitrogens with one attached hydrogen (secondary N) is 3. The van der Waals surface area contributed by atoms with Gasteiger partial charge in [0.2, 0.25) is 0 Å². The van der Waals surface area contributed by atoms with Gasteiger partial charge >= 0.3 is 18.9 Å². The summed E-state index contributed by atoms with van der Waals surface area (Å²) < 4.78 is 81.2. The van der Waals surface area contributed by atoms with E-state index in [1.54, 1.807) is 0 Å². The minimum Gasteiger partial charge on any atom is -1.00 e. The molecule has 3 aromatic rings. The number of nitro groups is 6. The number of nitrogens with zero attached hydrogens (tertiary/aromatic N) is 9. The molecule has 0 aliphatic carbocycles. The number of amides is 3. The third-order valence-electron chi connectivity index (χ3n) is 10.4. The maximum Gasteiger partial charge on any atom is 1.00 e. The number of carbonyl (C=O) groups is 3. The summed E-state index contributed by atoms with van der Waals surface area (Å²) in [5.74, 6) is -2.55. The van der Waals surface area contributed by atoms with Crippen molar-refractivity contribution in [2.75, 3.05) is 150 Å². The topological polar surface area (TPSA) is 547 Å². The van der Waals surface area contributed by atoms with Crippen LogP contribution in [0, 0.1) is 60.7 Å². The molecule has 494 valence electrons. The monoisotopic (exact) mass is 1400 g/mol. The molecule has 3 amide bonds. The van der Waals surface area contributed by atoms with Gasteiger partial charge in [-0.15, -0.1) is 34.8 Å². The van der Waals surface area contributed by atoms with E-state index in [4.69, 9.17) is 50.1 Å². The van der Waals surface area contributed by atoms with Gasteiger partial charge in [0.05, 0.1) is 123 Å². The van der Waals surface area contributed by atoms with Gasteiger partial charge in [-0.25, -0.2) is 0 Å². The quantitative estimate of drug-likeness (QED) is 0.0104. The number of alkyl halides is 3. The summed E-state index contributed by atoms with van der Waals surface area (Å²) in [4.78, 5) is 104. The standard InChI is InChI=1S/C15H22N4O12S2.C14H19ClN4O9S.C13H16Cl2N4O6.ClH.Li/c1-32(26,27)30-7-4-17(5-8-31-33(2,28)29)14-12(15(21)16-3-6-20)9-11(18(22)23)10-13(14)19(24)25;1-29(26,27)28-7-5-17(4-2-15)13-11(14(21)16-3-6-20)8-10(18(22)23)9-12(13)19(24)25;14-1-4-17(5-2-15)12-10(13(21)16-3-6-20)7-9(18(22)23)8-11(12)19(24)25;;/h9-10,20H,3-8H2,1-2H3,(H,16,21);8-9,20H,2-7H2,1H3,(H,16,21);7-8,20H,1-6H2,(H,16,21);1H;/q;;;;+1/p-1. The predicted octanol–water partition coefficient (Wildman–Crippen LogP) is -5.25. The van der Waals surface area contributed by atoms with E-state index in [1.807, 2.05) is 0 Å². The minimum atomic E-state index is -3.91. The number of nitro benzene ring substituents is 6. The Balaban J connectivity index is 0. The molecule has 39 nitrogen and oxygen atoms in total. The van der Waals surface area contributed by atoms with Gasteiger partial charge in [-0.1, -0.05) is 0 Å². The third-order valence-corrected chi connectivity index (χ3v) is 12.7. The van der Waals surface area contributed by atoms with Gasteiger partial charge in [-0.3, -0.25) is 87.6 Å². The van der Waals surface area contributed by atoms with E-state index in [9.17, 15) is 100 Å². The van der Waals surface area contributed by atoms with Crippen LogP contribution in [0.2, 0.25) is 0 Å². The Morgan fingerprint density at radius 3 is 0.831 bits per heavy atom. The van der Waals surface area contributed by atoms with Gasteiger partial charge in [0, 0.05) is 94.7 Å². The number of anilines is 3. The molecule has 0 aromatic heterocycles. The second-order valence-electron chi connectivity index (χ2n) is 16.7. The Morgan fingerprint density at radius 1 is 0.438 bits per heavy atom. The van der Waals surface area contributed by atoms with Crippen molar-refractivity contribution in [3.8, 4) is 0 Å². The molecule has 0 unspecified atom stereocenters. The van der Waals surface area contributed by atoms with Crippen molar-refractivity contribution in [3.05, 3.63) is 114 Å². The molecular formula is C42H57Cl4LiN12O27S3. The summed E-state index contributed by atoms with van der Waals surface area (Å²) in [5.41, 5.74) is -6.32. The molecule has 0 aliphatic heterocycles. The number of rotatable bonds is 36. The Labute approximate surface area is 538 Å². The summed E-state index contributed by atoms with van der Waals surface area (Å²) in [6.07, 6.45) is 2.33.